The first-order chi connectivity index (χ1) is 8.16. The summed E-state index contributed by atoms with van der Waals surface area (Å²) in [6.07, 6.45) is 0. The lowest BCUT2D eigenvalue weighted by atomic mass is 10.2. The van der Waals surface area contributed by atoms with Crippen LogP contribution in [0.3, 0.4) is 0 Å². The topological polar surface area (TPSA) is 12.0 Å². The van der Waals surface area contributed by atoms with Crippen LogP contribution >= 0.6 is 28.1 Å². The molecule has 4 heteroatoms. The van der Waals surface area contributed by atoms with Crippen LogP contribution in [0.1, 0.15) is 5.56 Å². The Balaban J connectivity index is 2.17. The first kappa shape index (κ1) is 12.2. The number of benzene rings is 2. The van der Waals surface area contributed by atoms with Crippen molar-refractivity contribution >= 4 is 38.8 Å². The molecule has 0 spiro atoms. The predicted octanol–water partition coefficient (Wildman–Crippen LogP) is 4.38. The largest absolute Gasteiger partial charge is 0.345 e. The van der Waals surface area contributed by atoms with Crippen molar-refractivity contribution in [1.82, 2.24) is 0 Å². The SMILES string of the molecule is Fc1ccc(C(=S)Nc2ccccc2Br)cc1. The van der Waals surface area contributed by atoms with Crippen molar-refractivity contribution in [1.29, 1.82) is 0 Å². The van der Waals surface area contributed by atoms with E-state index in [1.54, 1.807) is 12.1 Å². The zero-order valence-corrected chi connectivity index (χ0v) is 11.2. The summed E-state index contributed by atoms with van der Waals surface area (Å²) in [5, 5.41) is 3.11. The summed E-state index contributed by atoms with van der Waals surface area (Å²) in [6, 6.07) is 13.8. The van der Waals surface area contributed by atoms with Crippen LogP contribution in [0.25, 0.3) is 0 Å². The molecule has 0 saturated carbocycles. The second-order valence-electron chi connectivity index (χ2n) is 3.44. The van der Waals surface area contributed by atoms with Crippen molar-refractivity contribution in [3.63, 3.8) is 0 Å². The Labute approximate surface area is 113 Å². The van der Waals surface area contributed by atoms with Crippen molar-refractivity contribution in [2.24, 2.45) is 0 Å². The van der Waals surface area contributed by atoms with Crippen LogP contribution in [-0.2, 0) is 0 Å². The van der Waals surface area contributed by atoms with Gasteiger partial charge in [-0.25, -0.2) is 4.39 Å². The highest BCUT2D eigenvalue weighted by atomic mass is 79.9. The average Bonchev–Trinajstić information content (AvgIpc) is 2.33. The van der Waals surface area contributed by atoms with Gasteiger partial charge in [-0.05, 0) is 52.3 Å². The van der Waals surface area contributed by atoms with Gasteiger partial charge in [-0.15, -0.1) is 0 Å². The molecule has 0 aromatic heterocycles. The van der Waals surface area contributed by atoms with Crippen LogP contribution in [-0.4, -0.2) is 4.99 Å². The maximum Gasteiger partial charge on any atom is 0.123 e. The minimum absolute atomic E-state index is 0.266. The number of nitrogens with one attached hydrogen (secondary N) is 1. The molecule has 0 aliphatic rings. The lowest BCUT2D eigenvalue weighted by Gasteiger charge is -2.09. The van der Waals surface area contributed by atoms with Gasteiger partial charge in [-0.1, -0.05) is 24.4 Å². The number of anilines is 1. The smallest absolute Gasteiger partial charge is 0.123 e. The van der Waals surface area contributed by atoms with E-state index in [4.69, 9.17) is 12.2 Å². The van der Waals surface area contributed by atoms with Gasteiger partial charge in [-0.2, -0.15) is 0 Å². The summed E-state index contributed by atoms with van der Waals surface area (Å²) in [5.74, 6) is -0.266. The van der Waals surface area contributed by atoms with Crippen molar-refractivity contribution in [2.75, 3.05) is 5.32 Å². The average molecular weight is 310 g/mol. The van der Waals surface area contributed by atoms with E-state index < -0.39 is 0 Å². The van der Waals surface area contributed by atoms with Crippen molar-refractivity contribution < 1.29 is 4.39 Å². The molecule has 0 fully saturated rings. The van der Waals surface area contributed by atoms with Gasteiger partial charge >= 0.3 is 0 Å². The molecule has 0 radical (unpaired) electrons. The molecule has 0 unspecified atom stereocenters. The minimum atomic E-state index is -0.266. The molecular weight excluding hydrogens is 301 g/mol. The molecule has 1 nitrogen and oxygen atoms in total. The highest BCUT2D eigenvalue weighted by molar-refractivity contribution is 9.10. The second kappa shape index (κ2) is 5.38. The van der Waals surface area contributed by atoms with Gasteiger partial charge in [0.05, 0.1) is 5.69 Å². The molecule has 2 aromatic carbocycles. The van der Waals surface area contributed by atoms with Gasteiger partial charge in [0, 0.05) is 10.0 Å². The molecule has 0 aliphatic carbocycles. The molecule has 2 rings (SSSR count). The Hall–Kier alpha value is -1.26. The summed E-state index contributed by atoms with van der Waals surface area (Å²) < 4.78 is 13.7. The van der Waals surface area contributed by atoms with Gasteiger partial charge < -0.3 is 5.32 Å². The molecule has 0 heterocycles. The van der Waals surface area contributed by atoms with E-state index in [-0.39, 0.29) is 5.82 Å². The van der Waals surface area contributed by atoms with Crippen molar-refractivity contribution in [2.45, 2.75) is 0 Å². The monoisotopic (exact) mass is 309 g/mol. The molecule has 17 heavy (non-hydrogen) atoms. The standard InChI is InChI=1S/C13H9BrFNS/c14-11-3-1-2-4-12(11)16-13(17)9-5-7-10(15)8-6-9/h1-8H,(H,16,17). The number of para-hydroxylation sites is 1. The number of halogens is 2. The van der Waals surface area contributed by atoms with E-state index in [2.05, 4.69) is 21.2 Å². The fourth-order valence-electron chi connectivity index (χ4n) is 1.36. The number of rotatable bonds is 2. The summed E-state index contributed by atoms with van der Waals surface area (Å²) >= 11 is 8.68. The highest BCUT2D eigenvalue weighted by Crippen LogP contribution is 2.22. The number of hydrogen-bond acceptors (Lipinski definition) is 1. The molecule has 1 N–H and O–H groups in total. The van der Waals surface area contributed by atoms with Crippen molar-refractivity contribution in [3.05, 3.63) is 64.4 Å². The van der Waals surface area contributed by atoms with Crippen LogP contribution in [0.2, 0.25) is 0 Å². The molecule has 0 saturated heterocycles. The van der Waals surface area contributed by atoms with Gasteiger partial charge in [-0.3, -0.25) is 0 Å². The Morgan fingerprint density at radius 2 is 1.71 bits per heavy atom. The Bertz CT molecular complexity index is 539. The van der Waals surface area contributed by atoms with E-state index in [1.165, 1.54) is 12.1 Å². The first-order valence-electron chi connectivity index (χ1n) is 4.98. The summed E-state index contributed by atoms with van der Waals surface area (Å²) in [4.78, 5) is 0.567. The first-order valence-corrected chi connectivity index (χ1v) is 6.18. The quantitative estimate of drug-likeness (QED) is 0.826. The number of hydrogen-bond donors (Lipinski definition) is 1. The Morgan fingerprint density at radius 3 is 2.35 bits per heavy atom. The van der Waals surface area contributed by atoms with E-state index in [1.807, 2.05) is 24.3 Å². The van der Waals surface area contributed by atoms with Gasteiger partial charge in [0.1, 0.15) is 10.8 Å². The lowest BCUT2D eigenvalue weighted by Crippen LogP contribution is -2.10. The van der Waals surface area contributed by atoms with E-state index in [0.29, 0.717) is 4.99 Å². The van der Waals surface area contributed by atoms with Crippen LogP contribution in [0, 0.1) is 5.82 Å². The van der Waals surface area contributed by atoms with E-state index >= 15 is 0 Å². The van der Waals surface area contributed by atoms with Crippen molar-refractivity contribution in [3.8, 4) is 0 Å². The normalized spacial score (nSPS) is 10.0. The summed E-state index contributed by atoms with van der Waals surface area (Å²) in [7, 11) is 0. The zero-order valence-electron chi connectivity index (χ0n) is 8.78. The minimum Gasteiger partial charge on any atom is -0.345 e. The van der Waals surface area contributed by atoms with Crippen LogP contribution < -0.4 is 5.32 Å². The van der Waals surface area contributed by atoms with Gasteiger partial charge in [0.15, 0.2) is 0 Å². The molecule has 0 aliphatic heterocycles. The predicted molar refractivity (Wildman–Crippen MR) is 75.9 cm³/mol. The van der Waals surface area contributed by atoms with E-state index in [9.17, 15) is 4.39 Å². The second-order valence-corrected chi connectivity index (χ2v) is 4.70. The maximum absolute atomic E-state index is 12.8. The molecule has 86 valence electrons. The molecule has 0 bridgehead atoms. The zero-order chi connectivity index (χ0) is 12.3. The third-order valence-electron chi connectivity index (χ3n) is 2.23. The van der Waals surface area contributed by atoms with Gasteiger partial charge in [0.25, 0.3) is 0 Å². The fraction of sp³-hybridized carbons (Fsp3) is 0. The summed E-state index contributed by atoms with van der Waals surface area (Å²) in [5.41, 5.74) is 1.68. The third-order valence-corrected chi connectivity index (χ3v) is 3.26. The van der Waals surface area contributed by atoms with Gasteiger partial charge in [0.2, 0.25) is 0 Å². The maximum atomic E-state index is 12.8. The third kappa shape index (κ3) is 3.11. The highest BCUT2D eigenvalue weighted by Gasteiger charge is 2.04. The van der Waals surface area contributed by atoms with Crippen LogP contribution in [0.5, 0.6) is 0 Å². The van der Waals surface area contributed by atoms with Crippen LogP contribution in [0.15, 0.2) is 53.0 Å². The van der Waals surface area contributed by atoms with Crippen LogP contribution in [0.4, 0.5) is 10.1 Å². The lowest BCUT2D eigenvalue weighted by molar-refractivity contribution is 0.628. The molecular formula is C13H9BrFNS. The number of thiocarbonyl (C=S) groups is 1. The van der Waals surface area contributed by atoms with E-state index in [0.717, 1.165) is 15.7 Å². The summed E-state index contributed by atoms with van der Waals surface area (Å²) in [6.45, 7) is 0. The molecule has 2 aromatic rings. The Kier molecular flexibility index (Phi) is 3.86. The molecule has 0 atom stereocenters. The fourth-order valence-corrected chi connectivity index (χ4v) is 1.99. The Morgan fingerprint density at radius 1 is 1.06 bits per heavy atom. The molecule has 0 amide bonds.